The summed E-state index contributed by atoms with van der Waals surface area (Å²) in [5.74, 6) is -0.998. The molecule has 0 aromatic heterocycles. The average Bonchev–Trinajstić information content (AvgIpc) is 3.06. The van der Waals surface area contributed by atoms with Gasteiger partial charge in [0.15, 0.2) is 0 Å². The first-order valence-corrected chi connectivity index (χ1v) is 9.72. The van der Waals surface area contributed by atoms with Gasteiger partial charge in [-0.15, -0.1) is 0 Å². The topological polar surface area (TPSA) is 75.3 Å². The number of hydrogen-bond donors (Lipinski definition) is 2. The number of nitrogens with one attached hydrogen (secondary N) is 2. The highest BCUT2D eigenvalue weighted by Crippen LogP contribution is 2.26. The van der Waals surface area contributed by atoms with Crippen LogP contribution >= 0.6 is 0 Å². The maximum Gasteiger partial charge on any atom is 0.405 e. The van der Waals surface area contributed by atoms with Gasteiger partial charge in [-0.2, -0.15) is 13.2 Å². The first-order chi connectivity index (χ1) is 12.6. The van der Waals surface area contributed by atoms with E-state index in [4.69, 9.17) is 0 Å². The van der Waals surface area contributed by atoms with Crippen molar-refractivity contribution in [1.82, 2.24) is 5.32 Å². The Labute approximate surface area is 154 Å². The van der Waals surface area contributed by atoms with Crippen LogP contribution < -0.4 is 10.0 Å². The molecule has 0 fully saturated rings. The number of aryl methyl sites for hydroxylation is 2. The summed E-state index contributed by atoms with van der Waals surface area (Å²) in [5.41, 5.74) is 2.52. The molecule has 1 amide bonds. The number of alkyl halides is 3. The second-order valence-corrected chi connectivity index (χ2v) is 7.95. The Balaban J connectivity index is 1.78. The Morgan fingerprint density at radius 2 is 1.78 bits per heavy atom. The Bertz CT molecular complexity index is 972. The standard InChI is InChI=1S/C18H17F3N2O3S/c19-18(20,21)11-22-17(24)14-5-2-6-16(10-14)27(25,26)23-15-8-7-12-3-1-4-13(12)9-15/h2,5-10,23H,1,3-4,11H2,(H,22,24). The van der Waals surface area contributed by atoms with Gasteiger partial charge in [0.05, 0.1) is 4.90 Å². The van der Waals surface area contributed by atoms with Crippen LogP contribution in [-0.4, -0.2) is 27.0 Å². The number of anilines is 1. The lowest BCUT2D eigenvalue weighted by Crippen LogP contribution is -2.33. The number of benzene rings is 2. The molecule has 0 heterocycles. The molecule has 0 saturated heterocycles. The van der Waals surface area contributed by atoms with Crippen molar-refractivity contribution in [2.24, 2.45) is 0 Å². The van der Waals surface area contributed by atoms with Crippen molar-refractivity contribution in [3.63, 3.8) is 0 Å². The summed E-state index contributed by atoms with van der Waals surface area (Å²) in [6, 6.07) is 10.2. The van der Waals surface area contributed by atoms with Gasteiger partial charge >= 0.3 is 6.18 Å². The first kappa shape index (κ1) is 19.2. The Morgan fingerprint density at radius 1 is 1.04 bits per heavy atom. The maximum absolute atomic E-state index is 12.6. The molecular weight excluding hydrogens is 381 g/mol. The molecule has 9 heteroatoms. The van der Waals surface area contributed by atoms with Gasteiger partial charge in [-0.3, -0.25) is 9.52 Å². The molecule has 0 unspecified atom stereocenters. The van der Waals surface area contributed by atoms with Gasteiger partial charge in [0.25, 0.3) is 15.9 Å². The second-order valence-electron chi connectivity index (χ2n) is 6.27. The molecule has 2 N–H and O–H groups in total. The third-order valence-electron chi connectivity index (χ3n) is 4.21. The molecule has 1 aliphatic carbocycles. The van der Waals surface area contributed by atoms with Gasteiger partial charge in [0.2, 0.25) is 0 Å². The summed E-state index contributed by atoms with van der Waals surface area (Å²) >= 11 is 0. The summed E-state index contributed by atoms with van der Waals surface area (Å²) in [7, 11) is -3.98. The maximum atomic E-state index is 12.6. The summed E-state index contributed by atoms with van der Waals surface area (Å²) < 4.78 is 64.2. The van der Waals surface area contributed by atoms with Crippen molar-refractivity contribution in [2.75, 3.05) is 11.3 Å². The lowest BCUT2D eigenvalue weighted by molar-refractivity contribution is -0.123. The molecule has 0 spiro atoms. The van der Waals surface area contributed by atoms with E-state index in [2.05, 4.69) is 4.72 Å². The Kier molecular flexibility index (Phi) is 5.14. The molecule has 3 rings (SSSR count). The number of carbonyl (C=O) groups is 1. The minimum Gasteiger partial charge on any atom is -0.343 e. The zero-order valence-electron chi connectivity index (χ0n) is 14.1. The summed E-state index contributed by atoms with van der Waals surface area (Å²) in [5, 5.41) is 1.72. The molecule has 0 radical (unpaired) electrons. The van der Waals surface area contributed by atoms with Gasteiger partial charge in [-0.05, 0) is 60.7 Å². The smallest absolute Gasteiger partial charge is 0.343 e. The normalized spacial score (nSPS) is 13.9. The van der Waals surface area contributed by atoms with Crippen LogP contribution in [0.4, 0.5) is 18.9 Å². The van der Waals surface area contributed by atoms with Crippen molar-refractivity contribution in [3.05, 3.63) is 59.2 Å². The summed E-state index contributed by atoms with van der Waals surface area (Å²) in [4.78, 5) is 11.6. The zero-order valence-corrected chi connectivity index (χ0v) is 15.0. The van der Waals surface area contributed by atoms with E-state index < -0.39 is 28.7 Å². The lowest BCUT2D eigenvalue weighted by Gasteiger charge is -2.11. The zero-order chi connectivity index (χ0) is 19.7. The molecule has 5 nitrogen and oxygen atoms in total. The molecular formula is C18H17F3N2O3S. The number of fused-ring (bicyclic) bond motifs is 1. The van der Waals surface area contributed by atoms with Crippen LogP contribution in [-0.2, 0) is 22.9 Å². The predicted octanol–water partition coefficient (Wildman–Crippen LogP) is 3.27. The van der Waals surface area contributed by atoms with E-state index >= 15 is 0 Å². The van der Waals surface area contributed by atoms with E-state index in [0.29, 0.717) is 5.69 Å². The first-order valence-electron chi connectivity index (χ1n) is 8.24. The van der Waals surface area contributed by atoms with E-state index in [-0.39, 0.29) is 10.5 Å². The fourth-order valence-corrected chi connectivity index (χ4v) is 4.03. The predicted molar refractivity (Wildman–Crippen MR) is 94.1 cm³/mol. The highest BCUT2D eigenvalue weighted by molar-refractivity contribution is 7.92. The number of carbonyl (C=O) groups excluding carboxylic acids is 1. The molecule has 1 aliphatic rings. The SMILES string of the molecule is O=C(NCC(F)(F)F)c1cccc(S(=O)(=O)Nc2ccc3c(c2)CCC3)c1. The van der Waals surface area contributed by atoms with Gasteiger partial charge in [-0.25, -0.2) is 8.42 Å². The van der Waals surface area contributed by atoms with Crippen LogP contribution in [0.15, 0.2) is 47.4 Å². The largest absolute Gasteiger partial charge is 0.405 e. The van der Waals surface area contributed by atoms with Crippen LogP contribution in [0, 0.1) is 0 Å². The fourth-order valence-electron chi connectivity index (χ4n) is 2.94. The van der Waals surface area contributed by atoms with Crippen LogP contribution in [0.3, 0.4) is 0 Å². The van der Waals surface area contributed by atoms with Crippen molar-refractivity contribution >= 4 is 21.6 Å². The number of halogens is 3. The lowest BCUT2D eigenvalue weighted by atomic mass is 10.1. The molecule has 0 saturated carbocycles. The van der Waals surface area contributed by atoms with Gasteiger partial charge < -0.3 is 5.32 Å². The Morgan fingerprint density at radius 3 is 2.52 bits per heavy atom. The quantitative estimate of drug-likeness (QED) is 0.812. The van der Waals surface area contributed by atoms with Crippen molar-refractivity contribution in [2.45, 2.75) is 30.3 Å². The van der Waals surface area contributed by atoms with Crippen molar-refractivity contribution < 1.29 is 26.4 Å². The van der Waals surface area contributed by atoms with E-state index in [9.17, 15) is 26.4 Å². The molecule has 2 aromatic rings. The number of sulfonamides is 1. The molecule has 0 aliphatic heterocycles. The van der Waals surface area contributed by atoms with E-state index in [1.807, 2.05) is 6.07 Å². The summed E-state index contributed by atoms with van der Waals surface area (Å²) in [6.45, 7) is -1.49. The van der Waals surface area contributed by atoms with E-state index in [0.717, 1.165) is 30.9 Å². The van der Waals surface area contributed by atoms with Crippen molar-refractivity contribution in [3.8, 4) is 0 Å². The molecule has 2 aromatic carbocycles. The third kappa shape index (κ3) is 4.79. The highest BCUT2D eigenvalue weighted by Gasteiger charge is 2.28. The van der Waals surface area contributed by atoms with Gasteiger partial charge in [-0.1, -0.05) is 12.1 Å². The monoisotopic (exact) mass is 398 g/mol. The Hall–Kier alpha value is -2.55. The molecule has 0 atom stereocenters. The van der Waals surface area contributed by atoms with Gasteiger partial charge in [0, 0.05) is 11.3 Å². The number of hydrogen-bond acceptors (Lipinski definition) is 3. The second kappa shape index (κ2) is 7.22. The number of rotatable bonds is 5. The van der Waals surface area contributed by atoms with Crippen LogP contribution in [0.5, 0.6) is 0 Å². The van der Waals surface area contributed by atoms with Crippen LogP contribution in [0.1, 0.15) is 27.9 Å². The minimum absolute atomic E-state index is 0.170. The average molecular weight is 398 g/mol. The summed E-state index contributed by atoms with van der Waals surface area (Å²) in [6.07, 6.45) is -1.66. The van der Waals surface area contributed by atoms with E-state index in [1.54, 1.807) is 17.4 Å². The van der Waals surface area contributed by atoms with Gasteiger partial charge in [0.1, 0.15) is 6.54 Å². The third-order valence-corrected chi connectivity index (χ3v) is 5.59. The molecule has 0 bridgehead atoms. The molecule has 144 valence electrons. The fraction of sp³-hybridized carbons (Fsp3) is 0.278. The van der Waals surface area contributed by atoms with Crippen LogP contribution in [0.25, 0.3) is 0 Å². The van der Waals surface area contributed by atoms with Crippen molar-refractivity contribution in [1.29, 1.82) is 0 Å². The molecule has 27 heavy (non-hydrogen) atoms. The highest BCUT2D eigenvalue weighted by atomic mass is 32.2. The number of amides is 1. The minimum atomic E-state index is -4.55. The van der Waals surface area contributed by atoms with E-state index in [1.165, 1.54) is 23.8 Å². The van der Waals surface area contributed by atoms with Crippen LogP contribution in [0.2, 0.25) is 0 Å².